The lowest BCUT2D eigenvalue weighted by Gasteiger charge is -2.52. The number of fused-ring (bicyclic) bond motifs is 2. The monoisotopic (exact) mass is 276 g/mol. The number of rotatable bonds is 0. The van der Waals surface area contributed by atoms with Crippen LogP contribution in [0.5, 0.6) is 0 Å². The summed E-state index contributed by atoms with van der Waals surface area (Å²) in [5, 5.41) is 21.7. The molecule has 4 atom stereocenters. The molecular weight excluding hydrogens is 248 g/mol. The van der Waals surface area contributed by atoms with Crippen molar-refractivity contribution in [3.05, 3.63) is 22.3 Å². The lowest BCUT2D eigenvalue weighted by Crippen LogP contribution is -2.54. The molecule has 2 heteroatoms. The second-order valence-corrected chi connectivity index (χ2v) is 7.57. The summed E-state index contributed by atoms with van der Waals surface area (Å²) in [6.07, 6.45) is 3.41. The van der Waals surface area contributed by atoms with Gasteiger partial charge in [0.1, 0.15) is 0 Å². The fourth-order valence-corrected chi connectivity index (χ4v) is 4.85. The smallest absolute Gasteiger partial charge is 0.0610 e. The SMILES string of the molecule is CC1=C(C)C[C@@H]2C(O)[C@H]3CC(C)=C(C)C[C@@H]3C(O)[C@H]2C1. The molecule has 0 aliphatic heterocycles. The maximum atomic E-state index is 10.9. The van der Waals surface area contributed by atoms with Crippen LogP contribution < -0.4 is 0 Å². The normalized spacial score (nSPS) is 45.3. The van der Waals surface area contributed by atoms with Crippen molar-refractivity contribution in [2.24, 2.45) is 23.7 Å². The van der Waals surface area contributed by atoms with E-state index in [0.717, 1.165) is 25.7 Å². The fourth-order valence-electron chi connectivity index (χ4n) is 4.85. The van der Waals surface area contributed by atoms with Crippen molar-refractivity contribution in [2.75, 3.05) is 0 Å². The van der Waals surface area contributed by atoms with Gasteiger partial charge in [-0.05, 0) is 77.0 Å². The fraction of sp³-hybridized carbons (Fsp3) is 0.778. The van der Waals surface area contributed by atoms with Crippen LogP contribution in [0.15, 0.2) is 22.3 Å². The molecular formula is C18H28O2. The molecule has 1 saturated carbocycles. The van der Waals surface area contributed by atoms with E-state index in [0.29, 0.717) is 0 Å². The molecule has 0 aromatic carbocycles. The summed E-state index contributed by atoms with van der Waals surface area (Å²) in [5.41, 5.74) is 5.70. The lowest BCUT2D eigenvalue weighted by atomic mass is 9.56. The first-order valence-electron chi connectivity index (χ1n) is 8.06. The molecule has 1 fully saturated rings. The molecule has 3 aliphatic carbocycles. The highest BCUT2D eigenvalue weighted by molar-refractivity contribution is 5.23. The highest BCUT2D eigenvalue weighted by atomic mass is 16.3. The van der Waals surface area contributed by atoms with Crippen molar-refractivity contribution in [2.45, 2.75) is 65.6 Å². The molecule has 0 amide bonds. The first kappa shape index (κ1) is 14.3. The highest BCUT2D eigenvalue weighted by Crippen LogP contribution is 2.52. The van der Waals surface area contributed by atoms with Crippen molar-refractivity contribution < 1.29 is 10.2 Å². The van der Waals surface area contributed by atoms with Crippen molar-refractivity contribution >= 4 is 0 Å². The van der Waals surface area contributed by atoms with Gasteiger partial charge in [0.2, 0.25) is 0 Å². The first-order valence-corrected chi connectivity index (χ1v) is 8.06. The lowest BCUT2D eigenvalue weighted by molar-refractivity contribution is -0.123. The number of aliphatic hydroxyl groups is 2. The second-order valence-electron chi connectivity index (χ2n) is 7.57. The quantitative estimate of drug-likeness (QED) is 0.665. The minimum Gasteiger partial charge on any atom is -0.393 e. The van der Waals surface area contributed by atoms with Crippen LogP contribution in [0.4, 0.5) is 0 Å². The Morgan fingerprint density at radius 3 is 0.950 bits per heavy atom. The van der Waals surface area contributed by atoms with Gasteiger partial charge in [-0.1, -0.05) is 22.3 Å². The van der Waals surface area contributed by atoms with Crippen molar-refractivity contribution in [3.8, 4) is 0 Å². The third kappa shape index (κ3) is 2.08. The van der Waals surface area contributed by atoms with Crippen molar-refractivity contribution in [1.82, 2.24) is 0 Å². The Hall–Kier alpha value is -0.600. The van der Waals surface area contributed by atoms with Crippen LogP contribution >= 0.6 is 0 Å². The molecule has 0 aromatic rings. The van der Waals surface area contributed by atoms with E-state index in [1.54, 1.807) is 0 Å². The van der Waals surface area contributed by atoms with Crippen LogP contribution in [0.2, 0.25) is 0 Å². The van der Waals surface area contributed by atoms with Crippen molar-refractivity contribution in [1.29, 1.82) is 0 Å². The average molecular weight is 276 g/mol. The maximum absolute atomic E-state index is 10.9. The maximum Gasteiger partial charge on any atom is 0.0610 e. The summed E-state index contributed by atoms with van der Waals surface area (Å²) >= 11 is 0. The molecule has 0 heterocycles. The third-order valence-corrected chi connectivity index (χ3v) is 6.48. The van der Waals surface area contributed by atoms with E-state index in [4.69, 9.17) is 0 Å². The van der Waals surface area contributed by atoms with Crippen LogP contribution in [0, 0.1) is 23.7 Å². The Morgan fingerprint density at radius 2 is 0.750 bits per heavy atom. The highest BCUT2D eigenvalue weighted by Gasteiger charge is 2.51. The average Bonchev–Trinajstić information content (AvgIpc) is 2.41. The Morgan fingerprint density at radius 1 is 0.550 bits per heavy atom. The zero-order valence-corrected chi connectivity index (χ0v) is 13.2. The summed E-state index contributed by atoms with van der Waals surface area (Å²) in [6, 6.07) is 0. The molecule has 0 unspecified atom stereocenters. The standard InChI is InChI=1S/C18H28O2/c1-9-5-13-14(6-10(9)2)18(20)16-8-12(4)11(3)7-15(16)17(13)19/h13-20H,5-8H2,1-4H3/t13-,14-,15-,16-,17?,18?/m0/s1. The van der Waals surface area contributed by atoms with Gasteiger partial charge < -0.3 is 10.2 Å². The molecule has 3 rings (SSSR count). The zero-order valence-electron chi connectivity index (χ0n) is 13.2. The van der Waals surface area contributed by atoms with E-state index in [1.165, 1.54) is 22.3 Å². The Balaban J connectivity index is 1.92. The summed E-state index contributed by atoms with van der Waals surface area (Å²) in [7, 11) is 0. The third-order valence-electron chi connectivity index (χ3n) is 6.48. The van der Waals surface area contributed by atoms with Gasteiger partial charge in [0.25, 0.3) is 0 Å². The van der Waals surface area contributed by atoms with Gasteiger partial charge in [-0.15, -0.1) is 0 Å². The van der Waals surface area contributed by atoms with Gasteiger partial charge in [-0.25, -0.2) is 0 Å². The minimum atomic E-state index is -0.237. The first-order chi connectivity index (χ1) is 9.40. The van der Waals surface area contributed by atoms with Gasteiger partial charge in [0, 0.05) is 0 Å². The van der Waals surface area contributed by atoms with Crippen LogP contribution in [0.1, 0.15) is 53.4 Å². The van der Waals surface area contributed by atoms with Gasteiger partial charge >= 0.3 is 0 Å². The van der Waals surface area contributed by atoms with Gasteiger partial charge in [0.05, 0.1) is 12.2 Å². The molecule has 2 N–H and O–H groups in total. The Bertz CT molecular complexity index is 390. The Kier molecular flexibility index (Phi) is 3.58. The molecule has 20 heavy (non-hydrogen) atoms. The molecule has 2 nitrogen and oxygen atoms in total. The summed E-state index contributed by atoms with van der Waals surface area (Å²) < 4.78 is 0. The number of aliphatic hydroxyl groups excluding tert-OH is 2. The van der Waals surface area contributed by atoms with Crippen LogP contribution in [0.3, 0.4) is 0 Å². The van der Waals surface area contributed by atoms with E-state index in [-0.39, 0.29) is 35.9 Å². The van der Waals surface area contributed by atoms with E-state index in [2.05, 4.69) is 27.7 Å². The molecule has 0 bridgehead atoms. The van der Waals surface area contributed by atoms with Gasteiger partial charge in [-0.2, -0.15) is 0 Å². The summed E-state index contributed by atoms with van der Waals surface area (Å²) in [6.45, 7) is 8.75. The van der Waals surface area contributed by atoms with Crippen LogP contribution in [-0.4, -0.2) is 22.4 Å². The Labute approximate surface area is 122 Å². The van der Waals surface area contributed by atoms with Gasteiger partial charge in [-0.3, -0.25) is 0 Å². The van der Waals surface area contributed by atoms with Crippen LogP contribution in [-0.2, 0) is 0 Å². The van der Waals surface area contributed by atoms with E-state index in [9.17, 15) is 10.2 Å². The topological polar surface area (TPSA) is 40.5 Å². The summed E-state index contributed by atoms with van der Waals surface area (Å²) in [4.78, 5) is 0. The van der Waals surface area contributed by atoms with E-state index >= 15 is 0 Å². The molecule has 0 saturated heterocycles. The molecule has 112 valence electrons. The largest absolute Gasteiger partial charge is 0.393 e. The number of hydrogen-bond acceptors (Lipinski definition) is 2. The second kappa shape index (κ2) is 4.99. The number of hydrogen-bond donors (Lipinski definition) is 2. The van der Waals surface area contributed by atoms with Crippen molar-refractivity contribution in [3.63, 3.8) is 0 Å². The molecule has 3 aliphatic rings. The van der Waals surface area contributed by atoms with Crippen LogP contribution in [0.25, 0.3) is 0 Å². The molecule has 0 aromatic heterocycles. The minimum absolute atomic E-state index is 0.237. The molecule has 0 radical (unpaired) electrons. The number of allylic oxidation sites excluding steroid dienone is 4. The predicted octanol–water partition coefficient (Wildman–Crippen LogP) is 3.45. The van der Waals surface area contributed by atoms with Gasteiger partial charge in [0.15, 0.2) is 0 Å². The zero-order chi connectivity index (χ0) is 14.6. The predicted molar refractivity (Wildman–Crippen MR) is 81.2 cm³/mol. The van der Waals surface area contributed by atoms with E-state index < -0.39 is 0 Å². The van der Waals surface area contributed by atoms with E-state index in [1.807, 2.05) is 0 Å². The molecule has 0 spiro atoms. The summed E-state index contributed by atoms with van der Waals surface area (Å²) in [5.74, 6) is 1.06.